The van der Waals surface area contributed by atoms with Crippen LogP contribution in [0.25, 0.3) is 10.9 Å². The van der Waals surface area contributed by atoms with Gasteiger partial charge in [0.05, 0.1) is 11.2 Å². The predicted molar refractivity (Wildman–Crippen MR) is 91.7 cm³/mol. The van der Waals surface area contributed by atoms with Crippen molar-refractivity contribution < 1.29 is 0 Å². The number of aromatic nitrogens is 1. The van der Waals surface area contributed by atoms with Gasteiger partial charge < -0.3 is 0 Å². The normalized spacial score (nSPS) is 11.6. The molecule has 0 amide bonds. The van der Waals surface area contributed by atoms with Crippen molar-refractivity contribution in [3.8, 4) is 0 Å². The topological polar surface area (TPSA) is 37.3 Å². The lowest BCUT2D eigenvalue weighted by atomic mass is 10.1. The van der Waals surface area contributed by atoms with Gasteiger partial charge in [-0.25, -0.2) is 4.98 Å². The second kappa shape index (κ2) is 6.06. The Hall–Kier alpha value is -2.20. The Balaban J connectivity index is 1.83. The number of fused-ring (bicyclic) bond motifs is 1. The van der Waals surface area contributed by atoms with Gasteiger partial charge in [-0.05, 0) is 42.8 Å². The molecule has 0 spiro atoms. The molecule has 0 aliphatic rings. The third kappa shape index (κ3) is 3.28. The van der Waals surface area contributed by atoms with E-state index in [0.29, 0.717) is 0 Å². The molecule has 0 atom stereocenters. The molecule has 0 fully saturated rings. The Kier molecular flexibility index (Phi) is 3.97. The van der Waals surface area contributed by atoms with Gasteiger partial charge in [-0.3, -0.25) is 5.43 Å². The summed E-state index contributed by atoms with van der Waals surface area (Å²) in [7, 11) is 0. The van der Waals surface area contributed by atoms with E-state index >= 15 is 0 Å². The molecular weight excluding hydrogens is 326 g/mol. The first-order chi connectivity index (χ1) is 10.2. The summed E-state index contributed by atoms with van der Waals surface area (Å²) >= 11 is 3.47. The van der Waals surface area contributed by atoms with Gasteiger partial charge in [0.25, 0.3) is 0 Å². The number of rotatable bonds is 3. The van der Waals surface area contributed by atoms with E-state index in [2.05, 4.69) is 31.4 Å². The molecule has 0 aliphatic heterocycles. The van der Waals surface area contributed by atoms with Crippen LogP contribution in [0.3, 0.4) is 0 Å². The van der Waals surface area contributed by atoms with Gasteiger partial charge in [0.2, 0.25) is 0 Å². The van der Waals surface area contributed by atoms with Crippen LogP contribution in [0.15, 0.2) is 70.2 Å². The van der Waals surface area contributed by atoms with E-state index in [1.807, 2.05) is 67.6 Å². The Morgan fingerprint density at radius 1 is 1.05 bits per heavy atom. The van der Waals surface area contributed by atoms with Crippen LogP contribution in [0.2, 0.25) is 0 Å². The first-order valence-electron chi connectivity index (χ1n) is 6.64. The molecule has 0 unspecified atom stereocenters. The quantitative estimate of drug-likeness (QED) is 0.548. The minimum atomic E-state index is 0.739. The van der Waals surface area contributed by atoms with E-state index < -0.39 is 0 Å². The molecule has 21 heavy (non-hydrogen) atoms. The molecule has 3 aromatic rings. The van der Waals surface area contributed by atoms with E-state index in [1.54, 1.807) is 0 Å². The molecule has 0 aliphatic carbocycles. The minimum absolute atomic E-state index is 0.739. The van der Waals surface area contributed by atoms with E-state index in [1.165, 1.54) is 0 Å². The zero-order valence-electron chi connectivity index (χ0n) is 11.5. The third-order valence-corrected chi connectivity index (χ3v) is 3.67. The van der Waals surface area contributed by atoms with Crippen molar-refractivity contribution in [1.29, 1.82) is 0 Å². The number of halogens is 1. The first-order valence-corrected chi connectivity index (χ1v) is 7.44. The second-order valence-electron chi connectivity index (χ2n) is 4.71. The van der Waals surface area contributed by atoms with Crippen LogP contribution in [0.1, 0.15) is 12.5 Å². The molecule has 0 radical (unpaired) electrons. The number of para-hydroxylation sites is 1. The van der Waals surface area contributed by atoms with Crippen molar-refractivity contribution in [1.82, 2.24) is 4.98 Å². The van der Waals surface area contributed by atoms with Crippen LogP contribution in [0.4, 0.5) is 5.82 Å². The first kappa shape index (κ1) is 13.8. The Morgan fingerprint density at radius 2 is 1.90 bits per heavy atom. The van der Waals surface area contributed by atoms with Gasteiger partial charge >= 0.3 is 0 Å². The highest BCUT2D eigenvalue weighted by Gasteiger charge is 1.99. The highest BCUT2D eigenvalue weighted by atomic mass is 79.9. The molecular formula is C17H14BrN3. The van der Waals surface area contributed by atoms with Crippen LogP contribution in [-0.4, -0.2) is 10.7 Å². The van der Waals surface area contributed by atoms with Crippen LogP contribution in [-0.2, 0) is 0 Å². The molecule has 4 heteroatoms. The summed E-state index contributed by atoms with van der Waals surface area (Å²) in [5.41, 5.74) is 5.95. The summed E-state index contributed by atoms with van der Waals surface area (Å²) in [5.74, 6) is 0.739. The number of nitrogens with one attached hydrogen (secondary N) is 1. The Morgan fingerprint density at radius 3 is 2.76 bits per heavy atom. The van der Waals surface area contributed by atoms with Gasteiger partial charge in [-0.15, -0.1) is 0 Å². The lowest BCUT2D eigenvalue weighted by Crippen LogP contribution is -2.00. The van der Waals surface area contributed by atoms with Crippen LogP contribution < -0.4 is 5.43 Å². The van der Waals surface area contributed by atoms with Crippen molar-refractivity contribution in [3.05, 3.63) is 70.7 Å². The molecule has 104 valence electrons. The lowest BCUT2D eigenvalue weighted by Gasteiger charge is -2.05. The maximum atomic E-state index is 4.53. The highest BCUT2D eigenvalue weighted by molar-refractivity contribution is 9.10. The van der Waals surface area contributed by atoms with E-state index in [4.69, 9.17) is 0 Å². The van der Waals surface area contributed by atoms with Crippen LogP contribution in [0, 0.1) is 0 Å². The molecule has 3 nitrogen and oxygen atoms in total. The molecule has 0 saturated carbocycles. The van der Waals surface area contributed by atoms with Crippen LogP contribution in [0.5, 0.6) is 0 Å². The lowest BCUT2D eigenvalue weighted by molar-refractivity contribution is 1.25. The zero-order valence-corrected chi connectivity index (χ0v) is 13.1. The molecule has 3 rings (SSSR count). The zero-order chi connectivity index (χ0) is 14.7. The number of anilines is 1. The predicted octanol–water partition coefficient (Wildman–Crippen LogP) is 4.83. The number of hydrogen-bond acceptors (Lipinski definition) is 3. The number of pyridine rings is 1. The average Bonchev–Trinajstić information content (AvgIpc) is 2.52. The molecule has 1 heterocycles. The molecule has 1 aromatic heterocycles. The van der Waals surface area contributed by atoms with E-state index in [-0.39, 0.29) is 0 Å². The maximum absolute atomic E-state index is 4.53. The SMILES string of the molecule is C/C(=N\Nc1ccc2ccccc2n1)c1cccc(Br)c1. The summed E-state index contributed by atoms with van der Waals surface area (Å²) in [6, 6.07) is 20.0. The second-order valence-corrected chi connectivity index (χ2v) is 5.62. The fraction of sp³-hybridized carbons (Fsp3) is 0.0588. The summed E-state index contributed by atoms with van der Waals surface area (Å²) in [6.07, 6.45) is 0. The van der Waals surface area contributed by atoms with Crippen molar-refractivity contribution in [3.63, 3.8) is 0 Å². The van der Waals surface area contributed by atoms with Crippen molar-refractivity contribution in [2.24, 2.45) is 5.10 Å². The highest BCUT2D eigenvalue weighted by Crippen LogP contribution is 2.15. The largest absolute Gasteiger partial charge is 0.261 e. The van der Waals surface area contributed by atoms with Gasteiger partial charge in [0.1, 0.15) is 5.82 Å². The number of nitrogens with zero attached hydrogens (tertiary/aromatic N) is 2. The fourth-order valence-corrected chi connectivity index (χ4v) is 2.45. The van der Waals surface area contributed by atoms with Crippen molar-refractivity contribution in [2.45, 2.75) is 6.92 Å². The van der Waals surface area contributed by atoms with E-state index in [0.717, 1.165) is 32.5 Å². The standard InChI is InChI=1S/C17H14BrN3/c1-12(14-6-4-7-15(18)11-14)20-21-17-10-9-13-5-2-3-8-16(13)19-17/h2-11H,1H3,(H,19,21)/b20-12+. The third-order valence-electron chi connectivity index (χ3n) is 3.18. The average molecular weight is 340 g/mol. The monoisotopic (exact) mass is 339 g/mol. The van der Waals surface area contributed by atoms with Gasteiger partial charge in [0, 0.05) is 9.86 Å². The summed E-state index contributed by atoms with van der Waals surface area (Å²) in [4.78, 5) is 4.53. The molecule has 0 saturated heterocycles. The van der Waals surface area contributed by atoms with Gasteiger partial charge in [-0.1, -0.05) is 46.3 Å². The number of benzene rings is 2. The summed E-state index contributed by atoms with van der Waals surface area (Å²) in [6.45, 7) is 1.97. The number of hydrazone groups is 1. The van der Waals surface area contributed by atoms with Gasteiger partial charge in [0.15, 0.2) is 0 Å². The van der Waals surface area contributed by atoms with Crippen molar-refractivity contribution in [2.75, 3.05) is 5.43 Å². The fourth-order valence-electron chi connectivity index (χ4n) is 2.05. The molecule has 0 bridgehead atoms. The van der Waals surface area contributed by atoms with Gasteiger partial charge in [-0.2, -0.15) is 5.10 Å². The number of hydrogen-bond donors (Lipinski definition) is 1. The maximum Gasteiger partial charge on any atom is 0.146 e. The Labute approximate surface area is 131 Å². The van der Waals surface area contributed by atoms with Crippen molar-refractivity contribution >= 4 is 38.4 Å². The molecule has 1 N–H and O–H groups in total. The van der Waals surface area contributed by atoms with E-state index in [9.17, 15) is 0 Å². The smallest absolute Gasteiger partial charge is 0.146 e. The summed E-state index contributed by atoms with van der Waals surface area (Å²) in [5, 5.41) is 5.52. The molecule has 2 aromatic carbocycles. The van der Waals surface area contributed by atoms with Crippen LogP contribution >= 0.6 is 15.9 Å². The summed E-state index contributed by atoms with van der Waals surface area (Å²) < 4.78 is 1.04. The minimum Gasteiger partial charge on any atom is -0.261 e. The Bertz CT molecular complexity index is 812.